The molecular weight excluding hydrogens is 558 g/mol. The molecule has 4 rings (SSSR count). The fourth-order valence-electron chi connectivity index (χ4n) is 4.30. The third-order valence-corrected chi connectivity index (χ3v) is 7.15. The van der Waals surface area contributed by atoms with E-state index in [1.54, 1.807) is 49.6 Å². The number of nitrogens with one attached hydrogen (secondary N) is 1. The summed E-state index contributed by atoms with van der Waals surface area (Å²) in [4.78, 5) is 37.0. The molecule has 0 fully saturated rings. The van der Waals surface area contributed by atoms with Crippen LogP contribution < -0.4 is 14.9 Å². The summed E-state index contributed by atoms with van der Waals surface area (Å²) in [5.41, 5.74) is 2.75. The molecule has 0 aliphatic carbocycles. The van der Waals surface area contributed by atoms with Crippen molar-refractivity contribution in [1.29, 1.82) is 0 Å². The molecule has 0 radical (unpaired) electrons. The van der Waals surface area contributed by atoms with E-state index in [1.807, 2.05) is 48.5 Å². The van der Waals surface area contributed by atoms with Gasteiger partial charge in [0.05, 0.1) is 23.9 Å². The lowest BCUT2D eigenvalue weighted by molar-refractivity contribution is -0.143. The molecule has 0 saturated heterocycles. The van der Waals surface area contributed by atoms with Gasteiger partial charge in [-0.1, -0.05) is 65.0 Å². The Bertz CT molecular complexity index is 1620. The number of rotatable bonds is 10. The summed E-state index contributed by atoms with van der Waals surface area (Å²) < 4.78 is 18.4. The standard InChI is InChI=1S/C31H33N3O7S/c1-31(2,3)41-29(36)32-24(28(35)39-4)18-20-10-13-23(14-11-20)40-17-16-34-25-15-12-22(19-26(25)42-30(34)37)27(33-38)21-8-6-5-7-9-21/h5-15,19,24,38H,16-18H2,1-4H3,(H,32,36)/b33-27+. The molecule has 0 aliphatic rings. The van der Waals surface area contributed by atoms with Crippen LogP contribution in [0, 0.1) is 0 Å². The molecule has 10 nitrogen and oxygen atoms in total. The highest BCUT2D eigenvalue weighted by Crippen LogP contribution is 2.22. The van der Waals surface area contributed by atoms with Gasteiger partial charge in [0.2, 0.25) is 0 Å². The van der Waals surface area contributed by atoms with Gasteiger partial charge in [0, 0.05) is 17.5 Å². The predicted molar refractivity (Wildman–Crippen MR) is 161 cm³/mol. The van der Waals surface area contributed by atoms with E-state index >= 15 is 0 Å². The number of ether oxygens (including phenoxy) is 3. The third kappa shape index (κ3) is 7.76. The number of aromatic nitrogens is 1. The van der Waals surface area contributed by atoms with Crippen LogP contribution in [0.3, 0.4) is 0 Å². The Kier molecular flexibility index (Phi) is 9.64. The van der Waals surface area contributed by atoms with Gasteiger partial charge in [-0.25, -0.2) is 9.59 Å². The van der Waals surface area contributed by atoms with Crippen molar-refractivity contribution in [3.05, 3.63) is 99.2 Å². The summed E-state index contributed by atoms with van der Waals surface area (Å²) in [5, 5.41) is 15.7. The molecule has 1 heterocycles. The van der Waals surface area contributed by atoms with Gasteiger partial charge in [0.1, 0.15) is 29.7 Å². The Labute approximate surface area is 247 Å². The zero-order valence-corrected chi connectivity index (χ0v) is 24.6. The molecule has 1 atom stereocenters. The number of nitrogens with zero attached hydrogens (tertiary/aromatic N) is 2. The molecule has 2 N–H and O–H groups in total. The summed E-state index contributed by atoms with van der Waals surface area (Å²) in [5.74, 6) is 0.0108. The number of thiazole rings is 1. The highest BCUT2D eigenvalue weighted by atomic mass is 32.1. The van der Waals surface area contributed by atoms with Gasteiger partial charge in [-0.2, -0.15) is 0 Å². The Morgan fingerprint density at radius 2 is 1.74 bits per heavy atom. The van der Waals surface area contributed by atoms with E-state index in [2.05, 4.69) is 10.5 Å². The Morgan fingerprint density at radius 3 is 2.38 bits per heavy atom. The Balaban J connectivity index is 1.38. The normalized spacial score (nSPS) is 12.5. The van der Waals surface area contributed by atoms with E-state index in [0.29, 0.717) is 23.6 Å². The second-order valence-electron chi connectivity index (χ2n) is 10.4. The zero-order chi connectivity index (χ0) is 30.3. The van der Waals surface area contributed by atoms with Gasteiger partial charge in [-0.15, -0.1) is 0 Å². The minimum Gasteiger partial charge on any atom is -0.492 e. The largest absolute Gasteiger partial charge is 0.492 e. The maximum absolute atomic E-state index is 12.8. The molecular formula is C31H33N3O7S. The Hall–Kier alpha value is -4.64. The van der Waals surface area contributed by atoms with E-state index in [1.165, 1.54) is 7.11 Å². The Morgan fingerprint density at radius 1 is 1.02 bits per heavy atom. The molecule has 1 unspecified atom stereocenters. The number of hydrogen-bond acceptors (Lipinski definition) is 9. The zero-order valence-electron chi connectivity index (χ0n) is 23.8. The van der Waals surface area contributed by atoms with Crippen LogP contribution in [0.2, 0.25) is 0 Å². The number of esters is 1. The van der Waals surface area contributed by atoms with Gasteiger partial charge in [0.25, 0.3) is 0 Å². The monoisotopic (exact) mass is 591 g/mol. The van der Waals surface area contributed by atoms with E-state index in [-0.39, 0.29) is 17.9 Å². The maximum Gasteiger partial charge on any atom is 0.408 e. The van der Waals surface area contributed by atoms with Crippen LogP contribution in [-0.2, 0) is 27.2 Å². The summed E-state index contributed by atoms with van der Waals surface area (Å²) in [6, 6.07) is 21.0. The number of benzene rings is 3. The molecule has 0 bridgehead atoms. The third-order valence-electron chi connectivity index (χ3n) is 6.21. The highest BCUT2D eigenvalue weighted by molar-refractivity contribution is 7.16. The second kappa shape index (κ2) is 13.3. The van der Waals surface area contributed by atoms with Gasteiger partial charge in [-0.05, 0) is 50.6 Å². The van der Waals surface area contributed by atoms with E-state index < -0.39 is 23.7 Å². The number of carbonyl (C=O) groups is 2. The number of fused-ring (bicyclic) bond motifs is 1. The van der Waals surface area contributed by atoms with Crippen molar-refractivity contribution in [1.82, 2.24) is 9.88 Å². The topological polar surface area (TPSA) is 128 Å². The van der Waals surface area contributed by atoms with Crippen LogP contribution in [0.25, 0.3) is 10.2 Å². The van der Waals surface area contributed by atoms with Crippen LogP contribution >= 0.6 is 11.3 Å². The lowest BCUT2D eigenvalue weighted by Crippen LogP contribution is -2.45. The van der Waals surface area contributed by atoms with Crippen LogP contribution in [-0.4, -0.2) is 52.9 Å². The first-order valence-corrected chi connectivity index (χ1v) is 14.1. The summed E-state index contributed by atoms with van der Waals surface area (Å²) in [6.07, 6.45) is -0.499. The van der Waals surface area contributed by atoms with Crippen LogP contribution in [0.1, 0.15) is 37.5 Å². The summed E-state index contributed by atoms with van der Waals surface area (Å²) in [7, 11) is 1.26. The first-order valence-electron chi connectivity index (χ1n) is 13.3. The molecule has 0 spiro atoms. The van der Waals surface area contributed by atoms with Crippen molar-refractivity contribution >= 4 is 39.3 Å². The fourth-order valence-corrected chi connectivity index (χ4v) is 5.26. The fraction of sp³-hybridized carbons (Fsp3) is 0.290. The molecule has 11 heteroatoms. The van der Waals surface area contributed by atoms with Gasteiger partial charge < -0.3 is 24.7 Å². The summed E-state index contributed by atoms with van der Waals surface area (Å²) in [6.45, 7) is 5.81. The molecule has 3 aromatic carbocycles. The van der Waals surface area contributed by atoms with Crippen molar-refractivity contribution in [2.45, 2.75) is 45.4 Å². The molecule has 42 heavy (non-hydrogen) atoms. The van der Waals surface area contributed by atoms with E-state index in [9.17, 15) is 19.6 Å². The number of hydrogen-bond donors (Lipinski definition) is 2. The van der Waals surface area contributed by atoms with Crippen molar-refractivity contribution < 1.29 is 29.0 Å². The number of carbonyl (C=O) groups excluding carboxylic acids is 2. The van der Waals surface area contributed by atoms with Crippen molar-refractivity contribution in [2.75, 3.05) is 13.7 Å². The minimum atomic E-state index is -0.914. The van der Waals surface area contributed by atoms with Gasteiger partial charge >= 0.3 is 16.9 Å². The first-order chi connectivity index (χ1) is 20.1. The molecule has 0 aliphatic heterocycles. The van der Waals surface area contributed by atoms with Gasteiger partial charge in [0.15, 0.2) is 0 Å². The molecule has 1 amide bonds. The maximum atomic E-state index is 12.8. The van der Waals surface area contributed by atoms with Crippen molar-refractivity contribution in [2.24, 2.45) is 5.16 Å². The number of oxime groups is 1. The number of amides is 1. The smallest absolute Gasteiger partial charge is 0.408 e. The predicted octanol–water partition coefficient (Wildman–Crippen LogP) is 4.98. The quantitative estimate of drug-likeness (QED) is 0.115. The average molecular weight is 592 g/mol. The van der Waals surface area contributed by atoms with Crippen molar-refractivity contribution in [3.63, 3.8) is 0 Å². The number of methoxy groups -OCH3 is 1. The van der Waals surface area contributed by atoms with Crippen molar-refractivity contribution in [3.8, 4) is 5.75 Å². The second-order valence-corrected chi connectivity index (χ2v) is 11.4. The molecule has 4 aromatic rings. The summed E-state index contributed by atoms with van der Waals surface area (Å²) >= 11 is 1.12. The molecule has 1 aromatic heterocycles. The van der Waals surface area contributed by atoms with Crippen LogP contribution in [0.15, 0.2) is 82.7 Å². The highest BCUT2D eigenvalue weighted by Gasteiger charge is 2.25. The lowest BCUT2D eigenvalue weighted by atomic mass is 10.0. The van der Waals surface area contributed by atoms with E-state index in [0.717, 1.165) is 32.7 Å². The first kappa shape index (κ1) is 30.3. The van der Waals surface area contributed by atoms with Crippen LogP contribution in [0.5, 0.6) is 5.75 Å². The van der Waals surface area contributed by atoms with Gasteiger partial charge in [-0.3, -0.25) is 9.36 Å². The lowest BCUT2D eigenvalue weighted by Gasteiger charge is -2.22. The SMILES string of the molecule is COC(=O)C(Cc1ccc(OCCn2c(=O)sc3cc(/C(=N/O)c4ccccc4)ccc32)cc1)NC(=O)OC(C)(C)C. The van der Waals surface area contributed by atoms with E-state index in [4.69, 9.17) is 14.2 Å². The minimum absolute atomic E-state index is 0.116. The average Bonchev–Trinajstić information content (AvgIpc) is 3.27. The molecule has 220 valence electrons. The molecule has 0 saturated carbocycles. The number of alkyl carbamates (subject to hydrolysis) is 1. The van der Waals surface area contributed by atoms with Crippen LogP contribution in [0.4, 0.5) is 4.79 Å².